The van der Waals surface area contributed by atoms with Gasteiger partial charge in [-0.3, -0.25) is 0 Å². The summed E-state index contributed by atoms with van der Waals surface area (Å²) in [6.45, 7) is 2.68. The zero-order chi connectivity index (χ0) is 19.3. The molecule has 27 heavy (non-hydrogen) atoms. The molecular weight excluding hydrogens is 346 g/mol. The van der Waals surface area contributed by atoms with E-state index in [4.69, 9.17) is 19.0 Å². The van der Waals surface area contributed by atoms with Crippen LogP contribution in [0.25, 0.3) is 0 Å². The predicted molar refractivity (Wildman–Crippen MR) is 103 cm³/mol. The molecule has 0 radical (unpaired) electrons. The fourth-order valence-corrected chi connectivity index (χ4v) is 2.13. The van der Waals surface area contributed by atoms with Gasteiger partial charge in [0.25, 0.3) is 0 Å². The second-order valence-electron chi connectivity index (χ2n) is 5.36. The van der Waals surface area contributed by atoms with E-state index < -0.39 is 5.97 Å². The highest BCUT2D eigenvalue weighted by atomic mass is 16.6. The Bertz CT molecular complexity index is 771. The summed E-state index contributed by atoms with van der Waals surface area (Å²) >= 11 is 0. The first-order chi connectivity index (χ1) is 13.2. The van der Waals surface area contributed by atoms with Gasteiger partial charge in [0.2, 0.25) is 0 Å². The van der Waals surface area contributed by atoms with Crippen LogP contribution in [0.1, 0.15) is 18.1 Å². The number of rotatable bonds is 10. The van der Waals surface area contributed by atoms with Crippen LogP contribution in [0.4, 0.5) is 0 Å². The molecule has 0 aromatic heterocycles. The van der Waals surface area contributed by atoms with Gasteiger partial charge in [0.1, 0.15) is 24.7 Å². The average Bonchev–Trinajstić information content (AvgIpc) is 2.70. The molecule has 6 heteroatoms. The minimum Gasteiger partial charge on any atom is -0.497 e. The van der Waals surface area contributed by atoms with Gasteiger partial charge in [0.05, 0.1) is 19.9 Å². The van der Waals surface area contributed by atoms with Gasteiger partial charge in [0, 0.05) is 17.7 Å². The lowest BCUT2D eigenvalue weighted by Gasteiger charge is -2.09. The summed E-state index contributed by atoms with van der Waals surface area (Å²) in [5.41, 5.74) is 1.76. The predicted octanol–water partition coefficient (Wildman–Crippen LogP) is 3.74. The van der Waals surface area contributed by atoms with Gasteiger partial charge in [-0.25, -0.2) is 4.79 Å². The van der Waals surface area contributed by atoms with E-state index in [0.29, 0.717) is 24.7 Å². The van der Waals surface area contributed by atoms with Crippen LogP contribution in [-0.4, -0.2) is 32.5 Å². The second-order valence-corrected chi connectivity index (χ2v) is 5.36. The third kappa shape index (κ3) is 7.23. The molecular formula is C21H23NO5. The third-order valence-electron chi connectivity index (χ3n) is 3.44. The number of benzene rings is 2. The molecule has 0 atom stereocenters. The Kier molecular flexibility index (Phi) is 8.43. The molecule has 2 rings (SSSR count). The van der Waals surface area contributed by atoms with E-state index in [9.17, 15) is 4.79 Å². The van der Waals surface area contributed by atoms with E-state index in [1.165, 1.54) is 6.08 Å². The van der Waals surface area contributed by atoms with Crippen LogP contribution < -0.4 is 9.47 Å². The van der Waals surface area contributed by atoms with Crippen molar-refractivity contribution in [3.8, 4) is 11.5 Å². The van der Waals surface area contributed by atoms with E-state index in [-0.39, 0.29) is 6.61 Å². The molecule has 6 nitrogen and oxygen atoms in total. The molecule has 0 saturated heterocycles. The number of hydrogen-bond acceptors (Lipinski definition) is 6. The molecule has 0 aliphatic carbocycles. The van der Waals surface area contributed by atoms with Crippen molar-refractivity contribution in [1.82, 2.24) is 0 Å². The minimum atomic E-state index is -0.400. The van der Waals surface area contributed by atoms with E-state index in [0.717, 1.165) is 11.1 Å². The molecule has 0 unspecified atom stereocenters. The summed E-state index contributed by atoms with van der Waals surface area (Å²) < 4.78 is 15.7. The molecule has 2 aromatic carbocycles. The maximum atomic E-state index is 11.3. The van der Waals surface area contributed by atoms with Gasteiger partial charge in [-0.05, 0) is 30.7 Å². The van der Waals surface area contributed by atoms with Crippen LogP contribution in [0, 0.1) is 0 Å². The molecule has 0 amide bonds. The number of carbonyl (C=O) groups is 1. The van der Waals surface area contributed by atoms with Gasteiger partial charge in [-0.2, -0.15) is 0 Å². The minimum absolute atomic E-state index is 0.206. The van der Waals surface area contributed by atoms with Crippen LogP contribution in [-0.2, 0) is 21.0 Å². The van der Waals surface area contributed by atoms with Crippen molar-refractivity contribution in [2.24, 2.45) is 5.16 Å². The largest absolute Gasteiger partial charge is 0.497 e. The van der Waals surface area contributed by atoms with Crippen LogP contribution in [0.3, 0.4) is 0 Å². The number of hydrogen-bond donors (Lipinski definition) is 0. The maximum Gasteiger partial charge on any atom is 0.330 e. The number of nitrogens with zero attached hydrogens (tertiary/aromatic N) is 1. The van der Waals surface area contributed by atoms with Crippen LogP contribution >= 0.6 is 0 Å². The van der Waals surface area contributed by atoms with Crippen molar-refractivity contribution in [2.45, 2.75) is 13.5 Å². The summed E-state index contributed by atoms with van der Waals surface area (Å²) in [7, 11) is 1.58. The van der Waals surface area contributed by atoms with Gasteiger partial charge in [-0.1, -0.05) is 35.5 Å². The van der Waals surface area contributed by atoms with E-state index in [1.54, 1.807) is 38.5 Å². The van der Waals surface area contributed by atoms with Crippen molar-refractivity contribution in [3.63, 3.8) is 0 Å². The molecule has 0 fully saturated rings. The Hall–Kier alpha value is -3.28. The molecule has 0 saturated carbocycles. The lowest BCUT2D eigenvalue weighted by molar-refractivity contribution is -0.137. The van der Waals surface area contributed by atoms with Crippen molar-refractivity contribution >= 4 is 12.2 Å². The van der Waals surface area contributed by atoms with Gasteiger partial charge < -0.3 is 19.0 Å². The smallest absolute Gasteiger partial charge is 0.330 e. The van der Waals surface area contributed by atoms with Crippen LogP contribution in [0.15, 0.2) is 65.8 Å². The molecule has 0 bridgehead atoms. The lowest BCUT2D eigenvalue weighted by atomic mass is 10.2. The van der Waals surface area contributed by atoms with Gasteiger partial charge in [-0.15, -0.1) is 0 Å². The fraction of sp³-hybridized carbons (Fsp3) is 0.238. The van der Waals surface area contributed by atoms with Crippen molar-refractivity contribution in [2.75, 3.05) is 20.3 Å². The Morgan fingerprint density at radius 3 is 2.70 bits per heavy atom. The summed E-state index contributed by atoms with van der Waals surface area (Å²) in [6, 6.07) is 15.1. The van der Waals surface area contributed by atoms with Crippen molar-refractivity contribution in [3.05, 3.63) is 71.8 Å². The van der Waals surface area contributed by atoms with Gasteiger partial charge in [0.15, 0.2) is 0 Å². The molecule has 0 N–H and O–H groups in total. The summed E-state index contributed by atoms with van der Waals surface area (Å²) in [4.78, 5) is 16.6. The topological polar surface area (TPSA) is 66.4 Å². The number of carbonyl (C=O) groups excluding carboxylic acids is 1. The monoisotopic (exact) mass is 369 g/mol. The molecule has 0 heterocycles. The highest BCUT2D eigenvalue weighted by Gasteiger charge is 2.04. The Labute approximate surface area is 159 Å². The number of oxime groups is 1. The van der Waals surface area contributed by atoms with E-state index in [2.05, 4.69) is 5.16 Å². The first-order valence-corrected chi connectivity index (χ1v) is 8.56. The highest BCUT2D eigenvalue weighted by Crippen LogP contribution is 2.23. The van der Waals surface area contributed by atoms with Gasteiger partial charge >= 0.3 is 5.97 Å². The Morgan fingerprint density at radius 1 is 1.15 bits per heavy atom. The van der Waals surface area contributed by atoms with Crippen molar-refractivity contribution < 1.29 is 23.8 Å². The Balaban J connectivity index is 1.96. The van der Waals surface area contributed by atoms with Crippen LogP contribution in [0.5, 0.6) is 11.5 Å². The SMILES string of the molecule is CCOC(=O)/C=C/COc1cc(OC)ccc1/C=N/OCc1ccccc1. The maximum absolute atomic E-state index is 11.3. The normalized spacial score (nSPS) is 10.9. The number of ether oxygens (including phenoxy) is 3. The van der Waals surface area contributed by atoms with Crippen molar-refractivity contribution in [1.29, 1.82) is 0 Å². The summed E-state index contributed by atoms with van der Waals surface area (Å²) in [5.74, 6) is 0.819. The molecule has 0 spiro atoms. The van der Waals surface area contributed by atoms with E-state index >= 15 is 0 Å². The zero-order valence-corrected chi connectivity index (χ0v) is 15.5. The number of methoxy groups -OCH3 is 1. The average molecular weight is 369 g/mol. The molecule has 142 valence electrons. The standard InChI is InChI=1S/C21H23NO5/c1-3-25-21(23)10-7-13-26-20-14-19(24-2)12-11-18(20)15-22-27-16-17-8-5-4-6-9-17/h4-12,14-15H,3,13,16H2,1-2H3/b10-7+,22-15+. The first-order valence-electron chi connectivity index (χ1n) is 8.56. The summed E-state index contributed by atoms with van der Waals surface area (Å²) in [6.07, 6.45) is 4.50. The van der Waals surface area contributed by atoms with E-state index in [1.807, 2.05) is 36.4 Å². The quantitative estimate of drug-likeness (QED) is 0.276. The van der Waals surface area contributed by atoms with Crippen LogP contribution in [0.2, 0.25) is 0 Å². The second kappa shape index (κ2) is 11.4. The first kappa shape index (κ1) is 20.0. The zero-order valence-electron chi connectivity index (χ0n) is 15.5. The number of esters is 1. The highest BCUT2D eigenvalue weighted by molar-refractivity contribution is 5.83. The molecule has 0 aliphatic rings. The fourth-order valence-electron chi connectivity index (χ4n) is 2.13. The third-order valence-corrected chi connectivity index (χ3v) is 3.44. The Morgan fingerprint density at radius 2 is 1.96 bits per heavy atom. The lowest BCUT2D eigenvalue weighted by Crippen LogP contribution is -2.02. The molecule has 2 aromatic rings. The molecule has 0 aliphatic heterocycles. The summed E-state index contributed by atoms with van der Waals surface area (Å²) in [5, 5.41) is 4.00.